The summed E-state index contributed by atoms with van der Waals surface area (Å²) in [6.45, 7) is 3.52. The maximum absolute atomic E-state index is 12.8. The molecule has 0 unspecified atom stereocenters. The molecular formula is C24H28N6O. The highest BCUT2D eigenvalue weighted by molar-refractivity contribution is 5.78. The van der Waals surface area contributed by atoms with E-state index in [0.717, 1.165) is 43.3 Å². The number of carbonyl (C=O) groups is 1. The number of nitrogens with zero attached hydrogens (tertiary/aromatic N) is 6. The number of aryl methyl sites for hydroxylation is 1. The van der Waals surface area contributed by atoms with Gasteiger partial charge in [-0.1, -0.05) is 36.4 Å². The molecule has 2 aromatic heterocycles. The van der Waals surface area contributed by atoms with Gasteiger partial charge >= 0.3 is 0 Å². The number of aromatic nitrogens is 4. The van der Waals surface area contributed by atoms with Crippen LogP contribution < -0.4 is 4.90 Å². The molecule has 7 heteroatoms. The Bertz CT molecular complexity index is 1080. The summed E-state index contributed by atoms with van der Waals surface area (Å²) in [4.78, 5) is 17.1. The topological polar surface area (TPSA) is 66.6 Å². The van der Waals surface area contributed by atoms with E-state index in [1.165, 1.54) is 30.4 Å². The van der Waals surface area contributed by atoms with E-state index in [1.54, 1.807) is 4.52 Å². The van der Waals surface area contributed by atoms with E-state index in [2.05, 4.69) is 45.4 Å². The molecule has 4 heterocycles. The van der Waals surface area contributed by atoms with Gasteiger partial charge in [-0.25, -0.2) is 0 Å². The SMILES string of the molecule is O=C(CCc1nnc2ccc(N3CCCCC3)nn12)N1CC=C(c2ccccc2)CC1. The minimum absolute atomic E-state index is 0.160. The molecule has 0 radical (unpaired) electrons. The zero-order chi connectivity index (χ0) is 21.0. The van der Waals surface area contributed by atoms with Gasteiger partial charge in [0.25, 0.3) is 0 Å². The summed E-state index contributed by atoms with van der Waals surface area (Å²) in [5.74, 6) is 1.88. The van der Waals surface area contributed by atoms with E-state index in [1.807, 2.05) is 23.1 Å². The van der Waals surface area contributed by atoms with E-state index in [-0.39, 0.29) is 5.91 Å². The lowest BCUT2D eigenvalue weighted by atomic mass is 9.99. The molecule has 7 nitrogen and oxygen atoms in total. The number of piperidine rings is 1. The molecule has 0 atom stereocenters. The fraction of sp³-hybridized carbons (Fsp3) is 0.417. The molecule has 0 aliphatic carbocycles. The van der Waals surface area contributed by atoms with Crippen molar-refractivity contribution in [1.82, 2.24) is 24.7 Å². The molecule has 0 spiro atoms. The molecule has 160 valence electrons. The third kappa shape index (κ3) is 4.31. The van der Waals surface area contributed by atoms with Crippen LogP contribution in [0.5, 0.6) is 0 Å². The summed E-state index contributed by atoms with van der Waals surface area (Å²) < 4.78 is 1.81. The van der Waals surface area contributed by atoms with Crippen molar-refractivity contribution in [3.63, 3.8) is 0 Å². The van der Waals surface area contributed by atoms with Gasteiger partial charge in [0, 0.05) is 39.0 Å². The number of hydrogen-bond donors (Lipinski definition) is 0. The van der Waals surface area contributed by atoms with Gasteiger partial charge < -0.3 is 9.80 Å². The molecule has 1 fully saturated rings. The Hall–Kier alpha value is -3.22. The maximum Gasteiger partial charge on any atom is 0.223 e. The van der Waals surface area contributed by atoms with Gasteiger partial charge in [0.05, 0.1) is 0 Å². The predicted octanol–water partition coefficient (Wildman–Crippen LogP) is 3.36. The van der Waals surface area contributed by atoms with Gasteiger partial charge in [0.1, 0.15) is 5.82 Å². The highest BCUT2D eigenvalue weighted by atomic mass is 16.2. The van der Waals surface area contributed by atoms with Crippen LogP contribution in [0.2, 0.25) is 0 Å². The van der Waals surface area contributed by atoms with E-state index in [4.69, 9.17) is 5.10 Å². The summed E-state index contributed by atoms with van der Waals surface area (Å²) in [7, 11) is 0. The van der Waals surface area contributed by atoms with Crippen molar-refractivity contribution in [2.45, 2.75) is 38.5 Å². The summed E-state index contributed by atoms with van der Waals surface area (Å²) in [5.41, 5.74) is 3.30. The van der Waals surface area contributed by atoms with Gasteiger partial charge in [-0.3, -0.25) is 4.79 Å². The molecule has 0 saturated carbocycles. The normalized spacial score (nSPS) is 17.1. The Balaban J connectivity index is 1.22. The highest BCUT2D eigenvalue weighted by Crippen LogP contribution is 2.23. The first-order valence-corrected chi connectivity index (χ1v) is 11.3. The van der Waals surface area contributed by atoms with Gasteiger partial charge in [-0.05, 0) is 49.0 Å². The summed E-state index contributed by atoms with van der Waals surface area (Å²) in [6, 6.07) is 14.4. The molecule has 1 aromatic carbocycles. The third-order valence-corrected chi connectivity index (χ3v) is 6.26. The smallest absolute Gasteiger partial charge is 0.223 e. The first-order chi connectivity index (χ1) is 15.3. The maximum atomic E-state index is 12.8. The average Bonchev–Trinajstić information content (AvgIpc) is 3.26. The fourth-order valence-electron chi connectivity index (χ4n) is 4.46. The number of anilines is 1. The highest BCUT2D eigenvalue weighted by Gasteiger charge is 2.19. The quantitative estimate of drug-likeness (QED) is 0.638. The predicted molar refractivity (Wildman–Crippen MR) is 121 cm³/mol. The summed E-state index contributed by atoms with van der Waals surface area (Å²) in [5, 5.41) is 13.3. The number of rotatable bonds is 5. The van der Waals surface area contributed by atoms with Gasteiger partial charge in [0.15, 0.2) is 11.5 Å². The minimum atomic E-state index is 0.160. The van der Waals surface area contributed by atoms with Gasteiger partial charge in [0.2, 0.25) is 5.91 Å². The van der Waals surface area contributed by atoms with Crippen molar-refractivity contribution < 1.29 is 4.79 Å². The van der Waals surface area contributed by atoms with Gasteiger partial charge in [-0.15, -0.1) is 15.3 Å². The van der Waals surface area contributed by atoms with Crippen molar-refractivity contribution in [3.8, 4) is 0 Å². The standard InChI is InChI=1S/C24H28N6O/c31-24(29-17-13-20(14-18-29)19-7-3-1-4-8-19)12-11-22-26-25-21-9-10-23(27-30(21)22)28-15-5-2-6-16-28/h1,3-4,7-10,13H,2,5-6,11-12,14-18H2. The lowest BCUT2D eigenvalue weighted by Crippen LogP contribution is -2.34. The fourth-order valence-corrected chi connectivity index (χ4v) is 4.46. The second kappa shape index (κ2) is 8.88. The Labute approximate surface area is 182 Å². The Morgan fingerprint density at radius 2 is 1.77 bits per heavy atom. The molecule has 1 amide bonds. The molecular weight excluding hydrogens is 388 g/mol. The second-order valence-corrected chi connectivity index (χ2v) is 8.31. The molecule has 2 aliphatic rings. The largest absolute Gasteiger partial charge is 0.355 e. The first kappa shape index (κ1) is 19.7. The summed E-state index contributed by atoms with van der Waals surface area (Å²) >= 11 is 0. The van der Waals surface area contributed by atoms with E-state index >= 15 is 0 Å². The Morgan fingerprint density at radius 3 is 2.55 bits per heavy atom. The van der Waals surface area contributed by atoms with E-state index < -0.39 is 0 Å². The van der Waals surface area contributed by atoms with Crippen LogP contribution in [0.25, 0.3) is 11.2 Å². The van der Waals surface area contributed by atoms with Gasteiger partial charge in [-0.2, -0.15) is 4.52 Å². The van der Waals surface area contributed by atoms with Crippen molar-refractivity contribution in [1.29, 1.82) is 0 Å². The van der Waals surface area contributed by atoms with Crippen LogP contribution in [0.3, 0.4) is 0 Å². The van der Waals surface area contributed by atoms with Crippen LogP contribution >= 0.6 is 0 Å². The van der Waals surface area contributed by atoms with Crippen LogP contribution in [0, 0.1) is 0 Å². The van der Waals surface area contributed by atoms with Crippen LogP contribution in [0.1, 0.15) is 43.5 Å². The average molecular weight is 417 g/mol. The second-order valence-electron chi connectivity index (χ2n) is 8.31. The van der Waals surface area contributed by atoms with Crippen molar-refractivity contribution in [2.24, 2.45) is 0 Å². The van der Waals surface area contributed by atoms with Crippen molar-refractivity contribution in [2.75, 3.05) is 31.1 Å². The number of hydrogen-bond acceptors (Lipinski definition) is 5. The lowest BCUT2D eigenvalue weighted by molar-refractivity contribution is -0.130. The van der Waals surface area contributed by atoms with Crippen LogP contribution in [-0.4, -0.2) is 56.8 Å². The molecule has 1 saturated heterocycles. The Kier molecular flexibility index (Phi) is 5.65. The molecule has 0 bridgehead atoms. The third-order valence-electron chi connectivity index (χ3n) is 6.26. The summed E-state index contributed by atoms with van der Waals surface area (Å²) in [6.07, 6.45) is 7.74. The minimum Gasteiger partial charge on any atom is -0.355 e. The van der Waals surface area contributed by atoms with Crippen molar-refractivity contribution in [3.05, 3.63) is 59.9 Å². The molecule has 31 heavy (non-hydrogen) atoms. The zero-order valence-corrected chi connectivity index (χ0v) is 17.8. The Morgan fingerprint density at radius 1 is 0.935 bits per heavy atom. The van der Waals surface area contributed by atoms with Crippen LogP contribution in [0.15, 0.2) is 48.5 Å². The van der Waals surface area contributed by atoms with Crippen LogP contribution in [-0.2, 0) is 11.2 Å². The molecule has 2 aliphatic heterocycles. The number of fused-ring (bicyclic) bond motifs is 1. The first-order valence-electron chi connectivity index (χ1n) is 11.3. The van der Waals surface area contributed by atoms with E-state index in [9.17, 15) is 4.79 Å². The lowest BCUT2D eigenvalue weighted by Gasteiger charge is -2.27. The molecule has 3 aromatic rings. The number of carbonyl (C=O) groups excluding carboxylic acids is 1. The number of benzene rings is 1. The molecule has 5 rings (SSSR count). The number of amides is 1. The van der Waals surface area contributed by atoms with Crippen LogP contribution in [0.4, 0.5) is 5.82 Å². The zero-order valence-electron chi connectivity index (χ0n) is 17.8. The monoisotopic (exact) mass is 416 g/mol. The molecule has 0 N–H and O–H groups in total. The van der Waals surface area contributed by atoms with E-state index in [0.29, 0.717) is 19.4 Å². The van der Waals surface area contributed by atoms with Crippen molar-refractivity contribution >= 4 is 22.9 Å².